The van der Waals surface area contributed by atoms with E-state index >= 15 is 0 Å². The Kier molecular flexibility index (Phi) is 6.26. The van der Waals surface area contributed by atoms with E-state index in [4.69, 9.17) is 4.74 Å². The normalized spacial score (nSPS) is 22.4. The van der Waals surface area contributed by atoms with Crippen LogP contribution in [0.4, 0.5) is 9.18 Å². The maximum Gasteiger partial charge on any atom is 0.325 e. The van der Waals surface area contributed by atoms with Crippen molar-refractivity contribution in [3.8, 4) is 5.75 Å². The number of urea groups is 1. The highest BCUT2D eigenvalue weighted by atomic mass is 32.2. The zero-order chi connectivity index (χ0) is 22.9. The first-order chi connectivity index (χ1) is 15.2. The number of amides is 3. The van der Waals surface area contributed by atoms with Gasteiger partial charge in [0.25, 0.3) is 5.91 Å². The van der Waals surface area contributed by atoms with Crippen LogP contribution in [0.1, 0.15) is 44.6 Å². The molecular weight excluding hydrogens is 437 g/mol. The Balaban J connectivity index is 1.30. The van der Waals surface area contributed by atoms with Crippen molar-refractivity contribution < 1.29 is 27.1 Å². The molecule has 1 atom stereocenters. The van der Waals surface area contributed by atoms with Gasteiger partial charge in [0.1, 0.15) is 6.04 Å². The second-order valence-corrected chi connectivity index (χ2v) is 10.6. The molecule has 4 rings (SSSR count). The molecule has 10 heteroatoms. The van der Waals surface area contributed by atoms with Crippen molar-refractivity contribution >= 4 is 22.0 Å². The second-order valence-electron chi connectivity index (χ2n) is 8.79. The molecule has 1 aromatic rings. The average Bonchev–Trinajstić information content (AvgIpc) is 3.65. The fraction of sp³-hybridized carbons (Fsp3) is 0.545. The van der Waals surface area contributed by atoms with Gasteiger partial charge in [0.2, 0.25) is 10.0 Å². The molecule has 0 bridgehead atoms. The van der Waals surface area contributed by atoms with Crippen LogP contribution in [-0.2, 0) is 20.4 Å². The van der Waals surface area contributed by atoms with E-state index in [2.05, 4.69) is 10.0 Å². The molecule has 1 heterocycles. The van der Waals surface area contributed by atoms with Gasteiger partial charge in [-0.25, -0.2) is 22.3 Å². The summed E-state index contributed by atoms with van der Waals surface area (Å²) in [6.07, 6.45) is 7.12. The van der Waals surface area contributed by atoms with Gasteiger partial charge < -0.3 is 9.64 Å². The lowest BCUT2D eigenvalue weighted by Gasteiger charge is -2.19. The van der Waals surface area contributed by atoms with E-state index < -0.39 is 33.5 Å². The van der Waals surface area contributed by atoms with Crippen molar-refractivity contribution in [2.24, 2.45) is 5.92 Å². The van der Waals surface area contributed by atoms with E-state index in [-0.39, 0.29) is 30.4 Å². The van der Waals surface area contributed by atoms with Gasteiger partial charge in [0, 0.05) is 6.54 Å². The second kappa shape index (κ2) is 8.82. The number of sulfonamides is 1. The van der Waals surface area contributed by atoms with E-state index in [0.717, 1.165) is 12.8 Å². The molecule has 0 aromatic heterocycles. The van der Waals surface area contributed by atoms with Crippen LogP contribution in [0.3, 0.4) is 0 Å². The molecule has 1 aromatic carbocycles. The molecule has 8 nitrogen and oxygen atoms in total. The summed E-state index contributed by atoms with van der Waals surface area (Å²) >= 11 is 0. The minimum atomic E-state index is -3.58. The zero-order valence-corrected chi connectivity index (χ0v) is 18.8. The smallest absolute Gasteiger partial charge is 0.325 e. The highest BCUT2D eigenvalue weighted by molar-refractivity contribution is 7.89. The number of allylic oxidation sites excluding steroid dienone is 1. The average molecular weight is 466 g/mol. The minimum Gasteiger partial charge on any atom is -0.490 e. The van der Waals surface area contributed by atoms with Crippen LogP contribution >= 0.6 is 0 Å². The zero-order valence-electron chi connectivity index (χ0n) is 18.0. The summed E-state index contributed by atoms with van der Waals surface area (Å²) in [7, 11) is -3.58. The van der Waals surface area contributed by atoms with Crippen LogP contribution in [0.15, 0.2) is 30.4 Å². The third kappa shape index (κ3) is 5.29. The largest absolute Gasteiger partial charge is 0.490 e. The number of imide groups is 1. The van der Waals surface area contributed by atoms with Crippen molar-refractivity contribution in [1.82, 2.24) is 14.9 Å². The summed E-state index contributed by atoms with van der Waals surface area (Å²) in [5.41, 5.74) is -0.000279. The van der Waals surface area contributed by atoms with Crippen molar-refractivity contribution in [3.05, 3.63) is 41.7 Å². The number of hydrogen-bond donors (Lipinski definition) is 2. The summed E-state index contributed by atoms with van der Waals surface area (Å²) < 4.78 is 47.7. The van der Waals surface area contributed by atoms with Crippen LogP contribution in [0, 0.1) is 11.7 Å². The van der Waals surface area contributed by atoms with Gasteiger partial charge in [-0.3, -0.25) is 10.1 Å². The van der Waals surface area contributed by atoms with Crippen molar-refractivity contribution in [2.45, 2.75) is 50.6 Å². The third-order valence-electron chi connectivity index (χ3n) is 6.12. The van der Waals surface area contributed by atoms with Crippen LogP contribution < -0.4 is 14.8 Å². The monoisotopic (exact) mass is 465 g/mol. The lowest BCUT2D eigenvalue weighted by Crippen LogP contribution is -2.36. The quantitative estimate of drug-likeness (QED) is 0.386. The number of nitrogens with one attached hydrogen (secondary N) is 2. The predicted molar refractivity (Wildman–Crippen MR) is 116 cm³/mol. The Morgan fingerprint density at radius 2 is 2.03 bits per heavy atom. The Labute approximate surface area is 187 Å². The molecule has 32 heavy (non-hydrogen) atoms. The van der Waals surface area contributed by atoms with E-state index in [1.165, 1.54) is 11.0 Å². The summed E-state index contributed by atoms with van der Waals surface area (Å²) in [6, 6.07) is 3.56. The van der Waals surface area contributed by atoms with Crippen LogP contribution in [0.5, 0.6) is 5.75 Å². The summed E-state index contributed by atoms with van der Waals surface area (Å²) in [5.74, 6) is -0.241. The Morgan fingerprint density at radius 1 is 1.28 bits per heavy atom. The lowest BCUT2D eigenvalue weighted by atomic mass is 10.1. The molecule has 3 aliphatic rings. The number of rotatable bonds is 11. The van der Waals surface area contributed by atoms with Gasteiger partial charge in [-0.05, 0) is 62.6 Å². The highest BCUT2D eigenvalue weighted by Gasteiger charge is 2.47. The van der Waals surface area contributed by atoms with Gasteiger partial charge in [0.05, 0.1) is 17.9 Å². The Morgan fingerprint density at radius 3 is 2.66 bits per heavy atom. The number of halogens is 1. The summed E-state index contributed by atoms with van der Waals surface area (Å²) in [5, 5.41) is 2.23. The molecule has 2 aliphatic carbocycles. The van der Waals surface area contributed by atoms with Crippen molar-refractivity contribution in [1.29, 1.82) is 0 Å². The lowest BCUT2D eigenvalue weighted by molar-refractivity contribution is -0.120. The molecular formula is C22H28FN3O5S. The molecule has 1 saturated heterocycles. The molecule has 1 aliphatic heterocycles. The van der Waals surface area contributed by atoms with Crippen LogP contribution in [0.2, 0.25) is 0 Å². The van der Waals surface area contributed by atoms with Crippen LogP contribution in [-0.4, -0.2) is 50.2 Å². The predicted octanol–water partition coefficient (Wildman–Crippen LogP) is 2.41. The van der Waals surface area contributed by atoms with E-state index in [1.807, 2.05) is 0 Å². The number of ether oxygens (including phenoxy) is 1. The molecule has 0 radical (unpaired) electrons. The van der Waals surface area contributed by atoms with Crippen molar-refractivity contribution in [3.63, 3.8) is 0 Å². The maximum absolute atomic E-state index is 14.1. The fourth-order valence-corrected chi connectivity index (χ4v) is 5.16. The van der Waals surface area contributed by atoms with E-state index in [1.54, 1.807) is 31.2 Å². The molecule has 0 spiro atoms. The van der Waals surface area contributed by atoms with Gasteiger partial charge in [-0.1, -0.05) is 18.2 Å². The highest BCUT2D eigenvalue weighted by Crippen LogP contribution is 2.47. The molecule has 174 valence electrons. The van der Waals surface area contributed by atoms with Gasteiger partial charge in [-0.2, -0.15) is 0 Å². The fourth-order valence-electron chi connectivity index (χ4n) is 3.70. The molecule has 3 amide bonds. The first kappa shape index (κ1) is 22.7. The van der Waals surface area contributed by atoms with E-state index in [9.17, 15) is 22.4 Å². The summed E-state index contributed by atoms with van der Waals surface area (Å²) in [4.78, 5) is 24.5. The molecule has 2 saturated carbocycles. The summed E-state index contributed by atoms with van der Waals surface area (Å²) in [6.45, 7) is 2.35. The molecule has 2 N–H and O–H groups in total. The van der Waals surface area contributed by atoms with Crippen LogP contribution in [0.25, 0.3) is 0 Å². The van der Waals surface area contributed by atoms with Gasteiger partial charge in [-0.15, -0.1) is 0 Å². The number of carbonyl (C=O) groups excluding carboxylic acids is 2. The third-order valence-corrected chi connectivity index (χ3v) is 7.59. The SMILES string of the molecule is C[C@@H]1C(=O)NC(=O)N1C/C=C/CCS(=O)(=O)NC1(c2ccc(F)c(OCC3CC3)c2)CC1. The number of nitrogens with zero attached hydrogens (tertiary/aromatic N) is 1. The topological polar surface area (TPSA) is 105 Å². The Bertz CT molecular complexity index is 1030. The van der Waals surface area contributed by atoms with Crippen molar-refractivity contribution in [2.75, 3.05) is 18.9 Å². The number of carbonyl (C=O) groups is 2. The molecule has 3 fully saturated rings. The number of hydrogen-bond acceptors (Lipinski definition) is 5. The molecule has 0 unspecified atom stereocenters. The Hall–Kier alpha value is -2.46. The van der Waals surface area contributed by atoms with E-state index in [0.29, 0.717) is 30.9 Å². The first-order valence-electron chi connectivity index (χ1n) is 10.9. The van der Waals surface area contributed by atoms with Gasteiger partial charge in [0.15, 0.2) is 11.6 Å². The number of benzene rings is 1. The maximum atomic E-state index is 14.1. The van der Waals surface area contributed by atoms with Gasteiger partial charge >= 0.3 is 6.03 Å². The standard InChI is InChI=1S/C22H28FN3O5S/c1-15-20(27)24-21(28)26(15)11-3-2-4-12-32(29,30)25-22(9-10-22)17-7-8-18(23)19(13-17)31-14-16-5-6-16/h2-3,7-8,13,15-16,25H,4-6,9-12,14H2,1H3,(H,24,27,28)/b3-2+/t15-/m1/s1. The first-order valence-corrected chi connectivity index (χ1v) is 12.6. The minimum absolute atomic E-state index is 0.113.